The Labute approximate surface area is 66.8 Å². The van der Waals surface area contributed by atoms with Crippen LogP contribution in [-0.4, -0.2) is 46.0 Å². The maximum absolute atomic E-state index is 9.00. The third-order valence-electron chi connectivity index (χ3n) is 0. The van der Waals surface area contributed by atoms with Crippen LogP contribution in [0.2, 0.25) is 0 Å². The highest BCUT2D eigenvalue weighted by atomic mass is 32.9. The summed E-state index contributed by atoms with van der Waals surface area (Å²) in [4.78, 5) is 0. The molecule has 64 valence electrons. The van der Waals surface area contributed by atoms with Crippen molar-refractivity contribution in [2.45, 2.75) is 0 Å². The lowest BCUT2D eigenvalue weighted by Crippen LogP contribution is -2.27. The summed E-state index contributed by atoms with van der Waals surface area (Å²) in [6, 6.07) is 0. The van der Waals surface area contributed by atoms with E-state index < -0.39 is 9.05 Å². The van der Waals surface area contributed by atoms with Crippen LogP contribution in [0, 0.1) is 0 Å². The predicted octanol–water partition coefficient (Wildman–Crippen LogP) is -0.341. The Kier molecular flexibility index (Phi) is 5.41. The lowest BCUT2D eigenvalue weighted by Gasteiger charge is -2.14. The third kappa shape index (κ3) is 6940. The van der Waals surface area contributed by atoms with Gasteiger partial charge < -0.3 is 13.6 Å². The molecule has 1 atom stereocenters. The third-order valence-corrected chi connectivity index (χ3v) is 0. The minimum Gasteiger partial charge on any atom is -0.748 e. The first kappa shape index (κ1) is 12.9. The van der Waals surface area contributed by atoms with Crippen LogP contribution in [0.4, 0.5) is 0 Å². The zero-order valence-corrected chi connectivity index (χ0v) is 8.16. The monoisotopic (exact) mass is 187 g/mol. The maximum atomic E-state index is 9.00. The minimum absolute atomic E-state index is 1.00. The molecule has 0 saturated heterocycles. The second-order valence-electron chi connectivity index (χ2n) is 3.11. The molecule has 0 fully saturated rings. The molecule has 0 aromatic carbocycles. The first-order chi connectivity index (χ1) is 4.00. The molecule has 0 aromatic heterocycles. The molecule has 0 aliphatic rings. The first-order valence-electron chi connectivity index (χ1n) is 2.47. The smallest absolute Gasteiger partial charge is 0.0818 e. The van der Waals surface area contributed by atoms with E-state index in [0.717, 1.165) is 4.48 Å². The number of nitrogens with zero attached hydrogens (tertiary/aromatic N) is 1. The van der Waals surface area contributed by atoms with Gasteiger partial charge in [-0.1, -0.05) is 0 Å². The van der Waals surface area contributed by atoms with Gasteiger partial charge >= 0.3 is 0 Å². The Balaban J connectivity index is 0. The zero-order chi connectivity index (χ0) is 9.00. The Bertz CT molecular complexity index is 153. The van der Waals surface area contributed by atoms with Crippen LogP contribution in [-0.2, 0) is 20.2 Å². The molecule has 4 nitrogen and oxygen atoms in total. The van der Waals surface area contributed by atoms with Crippen molar-refractivity contribution in [2.24, 2.45) is 0 Å². The quantitative estimate of drug-likeness (QED) is 0.527. The second kappa shape index (κ2) is 4.20. The van der Waals surface area contributed by atoms with Crippen molar-refractivity contribution in [1.29, 1.82) is 0 Å². The lowest BCUT2D eigenvalue weighted by atomic mass is 10.8. The SMILES string of the molecule is C[N+](C)(C)C.O=S([O-])(O)=S. The highest BCUT2D eigenvalue weighted by molar-refractivity contribution is 8.26. The predicted molar refractivity (Wildman–Crippen MR) is 42.9 cm³/mol. The van der Waals surface area contributed by atoms with Gasteiger partial charge in [0.15, 0.2) is 0 Å². The highest BCUT2D eigenvalue weighted by Crippen LogP contribution is 1.73. The molecule has 0 rings (SSSR count). The lowest BCUT2D eigenvalue weighted by molar-refractivity contribution is -0.849. The van der Waals surface area contributed by atoms with Crippen LogP contribution in [0.15, 0.2) is 0 Å². The number of quaternary nitrogens is 1. The Morgan fingerprint density at radius 1 is 1.40 bits per heavy atom. The summed E-state index contributed by atoms with van der Waals surface area (Å²) in [5.41, 5.74) is 0. The van der Waals surface area contributed by atoms with Crippen molar-refractivity contribution in [3.05, 3.63) is 0 Å². The van der Waals surface area contributed by atoms with Gasteiger partial charge in [0.25, 0.3) is 0 Å². The molecular weight excluding hydrogens is 174 g/mol. The van der Waals surface area contributed by atoms with Gasteiger partial charge in [-0.15, -0.1) is 0 Å². The molecule has 0 bridgehead atoms. The minimum atomic E-state index is -4.08. The fraction of sp³-hybridized carbons (Fsp3) is 1.00. The fourth-order valence-corrected chi connectivity index (χ4v) is 0. The summed E-state index contributed by atoms with van der Waals surface area (Å²) in [6.45, 7) is 0. The Morgan fingerprint density at radius 3 is 1.40 bits per heavy atom. The van der Waals surface area contributed by atoms with Crippen LogP contribution >= 0.6 is 0 Å². The second-order valence-corrected chi connectivity index (χ2v) is 5.23. The standard InChI is InChI=1S/C4H12N.H2O3S2/c2*1-5(2,3)4/h1-4H3;(H2,1,2,3,4)/q+1;/p-1. The van der Waals surface area contributed by atoms with Crippen LogP contribution in [0.25, 0.3) is 0 Å². The molecule has 0 aliphatic carbocycles. The van der Waals surface area contributed by atoms with Gasteiger partial charge in [-0.2, -0.15) is 0 Å². The van der Waals surface area contributed by atoms with Crippen molar-refractivity contribution >= 4 is 20.2 Å². The summed E-state index contributed by atoms with van der Waals surface area (Å²) >= 11 is 3.35. The van der Waals surface area contributed by atoms with Gasteiger partial charge in [-0.25, -0.2) is 4.21 Å². The molecule has 0 heterocycles. The summed E-state index contributed by atoms with van der Waals surface area (Å²) < 4.78 is 26.3. The van der Waals surface area contributed by atoms with Crippen LogP contribution in [0.3, 0.4) is 0 Å². The summed E-state index contributed by atoms with van der Waals surface area (Å²) in [5, 5.41) is 0. The molecule has 1 unspecified atom stereocenters. The van der Waals surface area contributed by atoms with Gasteiger partial charge in [0.2, 0.25) is 0 Å². The van der Waals surface area contributed by atoms with Crippen LogP contribution < -0.4 is 0 Å². The molecule has 0 aromatic rings. The molecular formula is C4H13NO3S2. The zero-order valence-electron chi connectivity index (χ0n) is 6.53. The van der Waals surface area contributed by atoms with Crippen molar-refractivity contribution < 1.29 is 17.8 Å². The van der Waals surface area contributed by atoms with Gasteiger partial charge in [0.1, 0.15) is 0 Å². The van der Waals surface area contributed by atoms with E-state index in [-0.39, 0.29) is 0 Å². The van der Waals surface area contributed by atoms with E-state index in [9.17, 15) is 0 Å². The summed E-state index contributed by atoms with van der Waals surface area (Å²) in [7, 11) is 4.42. The highest BCUT2D eigenvalue weighted by Gasteiger charge is 1.88. The molecule has 1 N–H and O–H groups in total. The molecule has 0 aliphatic heterocycles. The van der Waals surface area contributed by atoms with E-state index in [4.69, 9.17) is 13.3 Å². The average Bonchev–Trinajstić information content (AvgIpc) is 1.12. The summed E-state index contributed by atoms with van der Waals surface area (Å²) in [5.74, 6) is 0. The van der Waals surface area contributed by atoms with Crippen LogP contribution in [0.1, 0.15) is 0 Å². The van der Waals surface area contributed by atoms with Gasteiger partial charge in [-0.3, -0.25) is 0 Å². The molecule has 0 saturated carbocycles. The molecule has 0 spiro atoms. The summed E-state index contributed by atoms with van der Waals surface area (Å²) in [6.07, 6.45) is 0. The number of rotatable bonds is 0. The molecule has 0 amide bonds. The number of hydrogen-bond donors (Lipinski definition) is 1. The van der Waals surface area contributed by atoms with Gasteiger partial charge in [0.05, 0.1) is 37.2 Å². The van der Waals surface area contributed by atoms with Crippen molar-refractivity contribution in [1.82, 2.24) is 0 Å². The van der Waals surface area contributed by atoms with Crippen LogP contribution in [0.5, 0.6) is 0 Å². The molecule has 10 heavy (non-hydrogen) atoms. The normalized spacial score (nSPS) is 16.6. The Hall–Kier alpha value is 0.250. The van der Waals surface area contributed by atoms with Crippen molar-refractivity contribution in [2.75, 3.05) is 28.2 Å². The van der Waals surface area contributed by atoms with Crippen molar-refractivity contribution in [3.8, 4) is 0 Å². The van der Waals surface area contributed by atoms with E-state index in [1.165, 1.54) is 0 Å². The topological polar surface area (TPSA) is 60.4 Å². The van der Waals surface area contributed by atoms with E-state index in [1.54, 1.807) is 0 Å². The van der Waals surface area contributed by atoms with Crippen molar-refractivity contribution in [3.63, 3.8) is 0 Å². The molecule has 0 radical (unpaired) electrons. The molecule has 6 heteroatoms. The van der Waals surface area contributed by atoms with Gasteiger partial charge in [-0.05, 0) is 11.2 Å². The van der Waals surface area contributed by atoms with E-state index in [1.807, 2.05) is 0 Å². The first-order valence-corrected chi connectivity index (χ1v) is 4.84. The Morgan fingerprint density at radius 2 is 1.40 bits per heavy atom. The van der Waals surface area contributed by atoms with E-state index >= 15 is 0 Å². The fourth-order valence-electron chi connectivity index (χ4n) is 0. The number of hydrogen-bond acceptors (Lipinski definition) is 3. The average molecular weight is 187 g/mol. The van der Waals surface area contributed by atoms with E-state index in [0.29, 0.717) is 0 Å². The maximum Gasteiger partial charge on any atom is 0.0818 e. The largest absolute Gasteiger partial charge is 0.748 e. The van der Waals surface area contributed by atoms with Gasteiger partial charge in [0, 0.05) is 0 Å². The van der Waals surface area contributed by atoms with E-state index in [2.05, 4.69) is 39.4 Å².